The highest BCUT2D eigenvalue weighted by molar-refractivity contribution is 5.79. The second-order valence-electron chi connectivity index (χ2n) is 2.28. The molecule has 1 aliphatic rings. The summed E-state index contributed by atoms with van der Waals surface area (Å²) in [6.07, 6.45) is -0.505. The maximum absolute atomic E-state index is 10.6. The number of rotatable bonds is 1. The van der Waals surface area contributed by atoms with Crippen molar-refractivity contribution in [3.05, 3.63) is 0 Å². The van der Waals surface area contributed by atoms with Crippen LogP contribution < -0.4 is 5.32 Å². The summed E-state index contributed by atoms with van der Waals surface area (Å²) in [5, 5.41) is 11.0. The topological polar surface area (TPSA) is 75.6 Å². The molecule has 1 unspecified atom stereocenters. The van der Waals surface area contributed by atoms with Gasteiger partial charge >= 0.3 is 5.97 Å². The average molecular weight is 159 g/mol. The molecule has 0 aromatic carbocycles. The Morgan fingerprint density at radius 2 is 2.45 bits per heavy atom. The summed E-state index contributed by atoms with van der Waals surface area (Å²) in [5.74, 6) is -1.27. The molecule has 1 aliphatic heterocycles. The Morgan fingerprint density at radius 3 is 3.09 bits per heavy atom. The third-order valence-corrected chi connectivity index (χ3v) is 1.42. The molecule has 1 atom stereocenters. The van der Waals surface area contributed by atoms with E-state index in [9.17, 15) is 9.59 Å². The van der Waals surface area contributed by atoms with Gasteiger partial charge in [-0.2, -0.15) is 0 Å². The molecule has 62 valence electrons. The van der Waals surface area contributed by atoms with Crippen molar-refractivity contribution >= 4 is 11.9 Å². The minimum atomic E-state index is -1.01. The Morgan fingerprint density at radius 1 is 1.73 bits per heavy atom. The van der Waals surface area contributed by atoms with Gasteiger partial charge in [0.1, 0.15) is 6.61 Å². The van der Waals surface area contributed by atoms with E-state index in [1.165, 1.54) is 0 Å². The smallest absolute Gasteiger partial charge is 0.332 e. The summed E-state index contributed by atoms with van der Waals surface area (Å²) in [4.78, 5) is 21.0. The van der Waals surface area contributed by atoms with Gasteiger partial charge in [-0.05, 0) is 0 Å². The highest BCUT2D eigenvalue weighted by Gasteiger charge is 2.21. The van der Waals surface area contributed by atoms with Crippen molar-refractivity contribution < 1.29 is 19.4 Å². The number of carbonyl (C=O) groups excluding carboxylic acids is 1. The summed E-state index contributed by atoms with van der Waals surface area (Å²) >= 11 is 0. The minimum absolute atomic E-state index is 0.156. The van der Waals surface area contributed by atoms with Gasteiger partial charge < -0.3 is 15.2 Å². The van der Waals surface area contributed by atoms with Gasteiger partial charge in [0.2, 0.25) is 5.91 Å². The third-order valence-electron chi connectivity index (χ3n) is 1.42. The van der Waals surface area contributed by atoms with E-state index >= 15 is 0 Å². The van der Waals surface area contributed by atoms with Gasteiger partial charge in [0, 0.05) is 13.0 Å². The summed E-state index contributed by atoms with van der Waals surface area (Å²) in [5.41, 5.74) is 0. The largest absolute Gasteiger partial charge is 0.479 e. The van der Waals surface area contributed by atoms with Crippen LogP contribution in [0.25, 0.3) is 0 Å². The molecule has 0 aliphatic carbocycles. The van der Waals surface area contributed by atoms with Crippen LogP contribution in [0.15, 0.2) is 0 Å². The van der Waals surface area contributed by atoms with E-state index in [1.54, 1.807) is 0 Å². The Hall–Kier alpha value is -1.10. The van der Waals surface area contributed by atoms with Crippen molar-refractivity contribution in [3.63, 3.8) is 0 Å². The number of amides is 1. The lowest BCUT2D eigenvalue weighted by atomic mass is 10.2. The first-order valence-corrected chi connectivity index (χ1v) is 3.31. The molecule has 5 heteroatoms. The van der Waals surface area contributed by atoms with E-state index in [1.807, 2.05) is 0 Å². The van der Waals surface area contributed by atoms with Crippen molar-refractivity contribution in [2.24, 2.45) is 0 Å². The fraction of sp³-hybridized carbons (Fsp3) is 0.667. The van der Waals surface area contributed by atoms with Crippen LogP contribution in [0, 0.1) is 0 Å². The maximum atomic E-state index is 10.6. The van der Waals surface area contributed by atoms with Gasteiger partial charge in [-0.25, -0.2) is 4.79 Å². The van der Waals surface area contributed by atoms with E-state index in [4.69, 9.17) is 9.84 Å². The van der Waals surface area contributed by atoms with Crippen molar-refractivity contribution in [3.8, 4) is 0 Å². The molecule has 1 rings (SSSR count). The SMILES string of the molecule is O=C1COC(C(=O)O)CCN1. The summed E-state index contributed by atoms with van der Waals surface area (Å²) in [6.45, 7) is 0.215. The van der Waals surface area contributed by atoms with Gasteiger partial charge in [0.05, 0.1) is 0 Å². The van der Waals surface area contributed by atoms with Crippen LogP contribution in [0.2, 0.25) is 0 Å². The second-order valence-corrected chi connectivity index (χ2v) is 2.28. The summed E-state index contributed by atoms with van der Waals surface area (Å²) < 4.78 is 4.77. The van der Waals surface area contributed by atoms with Crippen LogP contribution in [0.5, 0.6) is 0 Å². The normalized spacial score (nSPS) is 25.5. The molecule has 1 amide bonds. The number of hydrogen-bond acceptors (Lipinski definition) is 3. The molecule has 1 fully saturated rings. The van der Waals surface area contributed by atoms with Crippen LogP contribution in [-0.2, 0) is 14.3 Å². The molecule has 0 aromatic heterocycles. The lowest BCUT2D eigenvalue weighted by Crippen LogP contribution is -2.24. The Balaban J connectivity index is 2.46. The standard InChI is InChI=1S/C6H9NO4/c8-5-3-11-4(6(9)10)1-2-7-5/h4H,1-3H2,(H,7,8)(H,9,10). The molecule has 1 saturated heterocycles. The molecule has 5 nitrogen and oxygen atoms in total. The number of ether oxygens (including phenoxy) is 1. The molecule has 0 aromatic rings. The van der Waals surface area contributed by atoms with E-state index in [0.717, 1.165) is 0 Å². The molecule has 2 N–H and O–H groups in total. The number of carbonyl (C=O) groups is 2. The van der Waals surface area contributed by atoms with Crippen LogP contribution >= 0.6 is 0 Å². The fourth-order valence-electron chi connectivity index (χ4n) is 0.848. The van der Waals surface area contributed by atoms with Crippen LogP contribution in [0.4, 0.5) is 0 Å². The molecular formula is C6H9NO4. The minimum Gasteiger partial charge on any atom is -0.479 e. The van der Waals surface area contributed by atoms with Crippen molar-refractivity contribution in [1.29, 1.82) is 0 Å². The Kier molecular flexibility index (Phi) is 2.43. The zero-order chi connectivity index (χ0) is 8.27. The van der Waals surface area contributed by atoms with E-state index in [2.05, 4.69) is 5.32 Å². The average Bonchev–Trinajstić information content (AvgIpc) is 2.13. The Bertz CT molecular complexity index is 179. The van der Waals surface area contributed by atoms with E-state index in [-0.39, 0.29) is 12.5 Å². The summed E-state index contributed by atoms with van der Waals surface area (Å²) in [7, 11) is 0. The van der Waals surface area contributed by atoms with Crippen LogP contribution in [0.3, 0.4) is 0 Å². The van der Waals surface area contributed by atoms with E-state index < -0.39 is 12.1 Å². The molecule has 0 spiro atoms. The predicted molar refractivity (Wildman–Crippen MR) is 35.0 cm³/mol. The van der Waals surface area contributed by atoms with Crippen molar-refractivity contribution in [2.75, 3.05) is 13.2 Å². The first kappa shape index (κ1) is 8.00. The first-order valence-electron chi connectivity index (χ1n) is 3.31. The first-order chi connectivity index (χ1) is 5.20. The number of hydrogen-bond donors (Lipinski definition) is 2. The Labute approximate surface area is 63.3 Å². The van der Waals surface area contributed by atoms with Crippen molar-refractivity contribution in [2.45, 2.75) is 12.5 Å². The van der Waals surface area contributed by atoms with E-state index in [0.29, 0.717) is 13.0 Å². The highest BCUT2D eigenvalue weighted by Crippen LogP contribution is 2.00. The van der Waals surface area contributed by atoms with Gasteiger partial charge in [-0.15, -0.1) is 0 Å². The molecule has 0 bridgehead atoms. The third kappa shape index (κ3) is 2.19. The van der Waals surface area contributed by atoms with Crippen molar-refractivity contribution in [1.82, 2.24) is 5.32 Å². The second kappa shape index (κ2) is 3.34. The van der Waals surface area contributed by atoms with Gasteiger partial charge in [-0.1, -0.05) is 0 Å². The maximum Gasteiger partial charge on any atom is 0.332 e. The van der Waals surface area contributed by atoms with Gasteiger partial charge in [-0.3, -0.25) is 4.79 Å². The number of aliphatic carboxylic acids is 1. The molecule has 0 saturated carbocycles. The zero-order valence-electron chi connectivity index (χ0n) is 5.87. The molecule has 1 heterocycles. The lowest BCUT2D eigenvalue weighted by molar-refractivity contribution is -0.151. The number of carboxylic acids is 1. The van der Waals surface area contributed by atoms with Gasteiger partial charge in [0.15, 0.2) is 6.10 Å². The molecular weight excluding hydrogens is 150 g/mol. The zero-order valence-corrected chi connectivity index (χ0v) is 5.87. The van der Waals surface area contributed by atoms with Crippen LogP contribution in [0.1, 0.15) is 6.42 Å². The lowest BCUT2D eigenvalue weighted by Gasteiger charge is -2.06. The monoisotopic (exact) mass is 159 g/mol. The fourth-order valence-corrected chi connectivity index (χ4v) is 0.848. The predicted octanol–water partition coefficient (Wildman–Crippen LogP) is -1.02. The quantitative estimate of drug-likeness (QED) is 0.513. The van der Waals surface area contributed by atoms with Gasteiger partial charge in [0.25, 0.3) is 0 Å². The summed E-state index contributed by atoms with van der Waals surface area (Å²) in [6, 6.07) is 0. The highest BCUT2D eigenvalue weighted by atomic mass is 16.5. The molecule has 0 radical (unpaired) electrons. The van der Waals surface area contributed by atoms with Crippen LogP contribution in [-0.4, -0.2) is 36.2 Å². The number of nitrogens with one attached hydrogen (secondary N) is 1. The number of carboxylic acid groups (broad SMARTS) is 1. The molecule has 11 heavy (non-hydrogen) atoms.